The van der Waals surface area contributed by atoms with Crippen LogP contribution in [-0.4, -0.2) is 23.9 Å². The summed E-state index contributed by atoms with van der Waals surface area (Å²) < 4.78 is 5.29. The van der Waals surface area contributed by atoms with Gasteiger partial charge < -0.3 is 9.84 Å². The first-order valence-corrected chi connectivity index (χ1v) is 3.64. The van der Waals surface area contributed by atoms with E-state index in [9.17, 15) is 5.11 Å². The third-order valence-corrected chi connectivity index (χ3v) is 1.81. The van der Waals surface area contributed by atoms with Crippen molar-refractivity contribution in [3.8, 4) is 0 Å². The summed E-state index contributed by atoms with van der Waals surface area (Å²) in [6.07, 6.45) is 2.76. The topological polar surface area (TPSA) is 29.5 Å². The molecule has 0 radical (unpaired) electrons. The van der Waals surface area contributed by atoms with Gasteiger partial charge in [-0.15, -0.1) is 0 Å². The van der Waals surface area contributed by atoms with Gasteiger partial charge in [0.25, 0.3) is 0 Å². The normalized spacial score (nSPS) is 36.7. The monoisotopic (exact) mass is 130 g/mol. The Morgan fingerprint density at radius 1 is 1.67 bits per heavy atom. The van der Waals surface area contributed by atoms with Gasteiger partial charge in [-0.05, 0) is 19.3 Å². The van der Waals surface area contributed by atoms with Gasteiger partial charge in [-0.3, -0.25) is 0 Å². The Hall–Kier alpha value is -0.0800. The van der Waals surface area contributed by atoms with Crippen LogP contribution in [0.4, 0.5) is 0 Å². The zero-order chi connectivity index (χ0) is 6.69. The molecule has 2 atom stereocenters. The van der Waals surface area contributed by atoms with Crippen molar-refractivity contribution in [3.63, 3.8) is 0 Å². The van der Waals surface area contributed by atoms with Crippen molar-refractivity contribution >= 4 is 0 Å². The number of aliphatic hydroxyl groups excluding tert-OH is 1. The Bertz CT molecular complexity index is 83.0. The minimum absolute atomic E-state index is 0.110. The van der Waals surface area contributed by atoms with Crippen LogP contribution in [0.3, 0.4) is 0 Å². The quantitative estimate of drug-likeness (QED) is 0.572. The van der Waals surface area contributed by atoms with E-state index in [1.165, 1.54) is 0 Å². The van der Waals surface area contributed by atoms with Gasteiger partial charge in [-0.1, -0.05) is 6.92 Å². The highest BCUT2D eigenvalue weighted by molar-refractivity contribution is 4.71. The molecule has 1 heterocycles. The fourth-order valence-corrected chi connectivity index (χ4v) is 1.21. The van der Waals surface area contributed by atoms with Crippen LogP contribution in [0.15, 0.2) is 0 Å². The SMILES string of the molecule is CCC1OCCCC1O. The Kier molecular flexibility index (Phi) is 2.49. The molecular weight excluding hydrogens is 116 g/mol. The Morgan fingerprint density at radius 3 is 2.89 bits per heavy atom. The van der Waals surface area contributed by atoms with Crippen LogP contribution in [-0.2, 0) is 4.74 Å². The van der Waals surface area contributed by atoms with Gasteiger partial charge in [0.2, 0.25) is 0 Å². The summed E-state index contributed by atoms with van der Waals surface area (Å²) in [5.41, 5.74) is 0. The summed E-state index contributed by atoms with van der Waals surface area (Å²) in [6, 6.07) is 0. The van der Waals surface area contributed by atoms with Crippen molar-refractivity contribution in [2.75, 3.05) is 6.61 Å². The first-order chi connectivity index (χ1) is 4.34. The molecule has 1 aliphatic heterocycles. The Morgan fingerprint density at radius 2 is 2.44 bits per heavy atom. The zero-order valence-electron chi connectivity index (χ0n) is 5.84. The fraction of sp³-hybridized carbons (Fsp3) is 1.00. The summed E-state index contributed by atoms with van der Waals surface area (Å²) in [4.78, 5) is 0. The predicted molar refractivity (Wildman–Crippen MR) is 35.3 cm³/mol. The number of hydrogen-bond donors (Lipinski definition) is 1. The summed E-state index contributed by atoms with van der Waals surface area (Å²) in [5, 5.41) is 9.24. The molecule has 0 bridgehead atoms. The van der Waals surface area contributed by atoms with Gasteiger partial charge >= 0.3 is 0 Å². The van der Waals surface area contributed by atoms with Crippen LogP contribution in [0.2, 0.25) is 0 Å². The van der Waals surface area contributed by atoms with Gasteiger partial charge in [0.05, 0.1) is 12.2 Å². The van der Waals surface area contributed by atoms with Crippen molar-refractivity contribution in [2.45, 2.75) is 38.4 Å². The van der Waals surface area contributed by atoms with E-state index in [2.05, 4.69) is 0 Å². The Balaban J connectivity index is 2.30. The summed E-state index contributed by atoms with van der Waals surface area (Å²) in [5.74, 6) is 0. The Labute approximate surface area is 55.8 Å². The van der Waals surface area contributed by atoms with E-state index < -0.39 is 0 Å². The summed E-state index contributed by atoms with van der Waals surface area (Å²) >= 11 is 0. The first-order valence-electron chi connectivity index (χ1n) is 3.64. The molecule has 2 nitrogen and oxygen atoms in total. The lowest BCUT2D eigenvalue weighted by atomic mass is 10.0. The molecule has 54 valence electrons. The average molecular weight is 130 g/mol. The highest BCUT2D eigenvalue weighted by Crippen LogP contribution is 2.15. The average Bonchev–Trinajstić information content (AvgIpc) is 1.89. The molecule has 1 saturated heterocycles. The molecular formula is C7H14O2. The molecule has 0 aromatic rings. The predicted octanol–water partition coefficient (Wildman–Crippen LogP) is 0.936. The third-order valence-electron chi connectivity index (χ3n) is 1.81. The van der Waals surface area contributed by atoms with Crippen LogP contribution in [0.5, 0.6) is 0 Å². The van der Waals surface area contributed by atoms with E-state index in [-0.39, 0.29) is 12.2 Å². The number of ether oxygens (including phenoxy) is 1. The molecule has 2 unspecified atom stereocenters. The molecule has 1 N–H and O–H groups in total. The van der Waals surface area contributed by atoms with E-state index in [1.807, 2.05) is 6.92 Å². The molecule has 1 fully saturated rings. The van der Waals surface area contributed by atoms with Crippen molar-refractivity contribution < 1.29 is 9.84 Å². The molecule has 0 aromatic carbocycles. The molecule has 0 aliphatic carbocycles. The first kappa shape index (κ1) is 7.03. The second-order valence-electron chi connectivity index (χ2n) is 2.53. The van der Waals surface area contributed by atoms with E-state index in [0.29, 0.717) is 0 Å². The second-order valence-corrected chi connectivity index (χ2v) is 2.53. The van der Waals surface area contributed by atoms with E-state index in [1.54, 1.807) is 0 Å². The van der Waals surface area contributed by atoms with Gasteiger partial charge in [-0.25, -0.2) is 0 Å². The maximum atomic E-state index is 9.24. The fourth-order valence-electron chi connectivity index (χ4n) is 1.21. The highest BCUT2D eigenvalue weighted by atomic mass is 16.5. The summed E-state index contributed by atoms with van der Waals surface area (Å²) in [7, 11) is 0. The van der Waals surface area contributed by atoms with Gasteiger partial charge in [0, 0.05) is 6.61 Å². The smallest absolute Gasteiger partial charge is 0.0831 e. The second kappa shape index (κ2) is 3.18. The summed E-state index contributed by atoms with van der Waals surface area (Å²) in [6.45, 7) is 2.87. The standard InChI is InChI=1S/C7H14O2/c1-2-7-6(8)4-3-5-9-7/h6-8H,2-5H2,1H3. The zero-order valence-corrected chi connectivity index (χ0v) is 5.84. The third kappa shape index (κ3) is 1.66. The number of hydrogen-bond acceptors (Lipinski definition) is 2. The molecule has 0 aromatic heterocycles. The molecule has 1 rings (SSSR count). The number of rotatable bonds is 1. The van der Waals surface area contributed by atoms with Crippen molar-refractivity contribution in [1.29, 1.82) is 0 Å². The molecule has 2 heteroatoms. The molecule has 9 heavy (non-hydrogen) atoms. The number of aliphatic hydroxyl groups is 1. The van der Waals surface area contributed by atoms with E-state index in [0.717, 1.165) is 25.9 Å². The molecule has 1 aliphatic rings. The molecule has 0 amide bonds. The lowest BCUT2D eigenvalue weighted by Crippen LogP contribution is -2.33. The lowest BCUT2D eigenvalue weighted by molar-refractivity contribution is -0.0745. The van der Waals surface area contributed by atoms with Crippen molar-refractivity contribution in [2.24, 2.45) is 0 Å². The van der Waals surface area contributed by atoms with Crippen molar-refractivity contribution in [3.05, 3.63) is 0 Å². The van der Waals surface area contributed by atoms with Crippen LogP contribution in [0, 0.1) is 0 Å². The largest absolute Gasteiger partial charge is 0.390 e. The molecule has 0 saturated carbocycles. The lowest BCUT2D eigenvalue weighted by Gasteiger charge is -2.26. The van der Waals surface area contributed by atoms with E-state index >= 15 is 0 Å². The van der Waals surface area contributed by atoms with Gasteiger partial charge in [-0.2, -0.15) is 0 Å². The maximum Gasteiger partial charge on any atom is 0.0831 e. The molecule has 0 spiro atoms. The van der Waals surface area contributed by atoms with Gasteiger partial charge in [0.15, 0.2) is 0 Å². The van der Waals surface area contributed by atoms with Crippen LogP contribution >= 0.6 is 0 Å². The minimum Gasteiger partial charge on any atom is -0.390 e. The van der Waals surface area contributed by atoms with Crippen molar-refractivity contribution in [1.82, 2.24) is 0 Å². The van der Waals surface area contributed by atoms with E-state index in [4.69, 9.17) is 4.74 Å². The minimum atomic E-state index is -0.205. The highest BCUT2D eigenvalue weighted by Gasteiger charge is 2.21. The maximum absolute atomic E-state index is 9.24. The van der Waals surface area contributed by atoms with Crippen LogP contribution in [0.1, 0.15) is 26.2 Å². The van der Waals surface area contributed by atoms with Crippen LogP contribution in [0.25, 0.3) is 0 Å². The van der Waals surface area contributed by atoms with Gasteiger partial charge in [0.1, 0.15) is 0 Å². The van der Waals surface area contributed by atoms with Crippen LogP contribution < -0.4 is 0 Å².